The second-order valence-electron chi connectivity index (χ2n) is 4.86. The lowest BCUT2D eigenvalue weighted by atomic mass is 9.89. The Kier molecular flexibility index (Phi) is 3.56. The highest BCUT2D eigenvalue weighted by Gasteiger charge is 2.36. The van der Waals surface area contributed by atoms with Gasteiger partial charge in [0.25, 0.3) is 0 Å². The molecule has 6 heteroatoms. The van der Waals surface area contributed by atoms with Gasteiger partial charge in [0.1, 0.15) is 10.7 Å². The minimum atomic E-state index is -3.59. The Balaban J connectivity index is 2.53. The maximum atomic E-state index is 13.9. The largest absolute Gasteiger partial charge is 0.235 e. The van der Waals surface area contributed by atoms with Gasteiger partial charge < -0.3 is 0 Å². The molecule has 0 heterocycles. The van der Waals surface area contributed by atoms with E-state index in [0.717, 1.165) is 19.1 Å². The first-order chi connectivity index (χ1) is 8.89. The maximum Gasteiger partial charge on any atom is 0.235 e. The molecule has 0 aromatic heterocycles. The van der Waals surface area contributed by atoms with Crippen LogP contribution in [0.15, 0.2) is 28.1 Å². The zero-order valence-corrected chi connectivity index (χ0v) is 11.3. The van der Waals surface area contributed by atoms with Crippen LogP contribution in [0.1, 0.15) is 31.2 Å². The summed E-state index contributed by atoms with van der Waals surface area (Å²) in [5, 5.41) is 0. The molecule has 4 nitrogen and oxygen atoms in total. The average molecular weight is 283 g/mol. The third-order valence-corrected chi connectivity index (χ3v) is 4.69. The van der Waals surface area contributed by atoms with Crippen molar-refractivity contribution in [1.82, 2.24) is 0 Å². The molecule has 0 saturated heterocycles. The van der Waals surface area contributed by atoms with Gasteiger partial charge in [0.15, 0.2) is 9.84 Å². The molecular formula is C13H14FNO3S. The molecule has 1 fully saturated rings. The Bertz CT molecular complexity index is 642. The van der Waals surface area contributed by atoms with Crippen LogP contribution in [0.25, 0.3) is 0 Å². The maximum absolute atomic E-state index is 13.9. The Morgan fingerprint density at radius 2 is 1.95 bits per heavy atom. The summed E-state index contributed by atoms with van der Waals surface area (Å²) >= 11 is 0. The van der Waals surface area contributed by atoms with Crippen LogP contribution in [0, 0.1) is 5.82 Å². The van der Waals surface area contributed by atoms with Gasteiger partial charge in [-0.05, 0) is 30.5 Å². The third-order valence-electron chi connectivity index (χ3n) is 3.56. The SMILES string of the molecule is CS(=O)(=O)c1ccc(C2(N=C=O)CCCC2)cc1F. The molecule has 1 aliphatic carbocycles. The van der Waals surface area contributed by atoms with E-state index in [9.17, 15) is 17.6 Å². The minimum absolute atomic E-state index is 0.334. The molecule has 0 aliphatic heterocycles. The topological polar surface area (TPSA) is 63.6 Å². The molecular weight excluding hydrogens is 269 g/mol. The summed E-state index contributed by atoms with van der Waals surface area (Å²) in [5.41, 5.74) is -0.197. The number of nitrogens with zero attached hydrogens (tertiary/aromatic N) is 1. The number of benzene rings is 1. The van der Waals surface area contributed by atoms with E-state index in [1.807, 2.05) is 0 Å². The average Bonchev–Trinajstić information content (AvgIpc) is 2.77. The summed E-state index contributed by atoms with van der Waals surface area (Å²) in [4.78, 5) is 14.1. The highest BCUT2D eigenvalue weighted by molar-refractivity contribution is 7.90. The van der Waals surface area contributed by atoms with Crippen LogP contribution in [0.4, 0.5) is 4.39 Å². The number of aliphatic imine (C=N–C) groups is 1. The molecule has 0 amide bonds. The second kappa shape index (κ2) is 4.87. The van der Waals surface area contributed by atoms with E-state index in [4.69, 9.17) is 0 Å². The highest BCUT2D eigenvalue weighted by Crippen LogP contribution is 2.42. The van der Waals surface area contributed by atoms with Gasteiger partial charge in [0.05, 0.1) is 5.54 Å². The molecule has 0 N–H and O–H groups in total. The smallest absolute Gasteiger partial charge is 0.224 e. The molecule has 0 spiro atoms. The molecule has 102 valence electrons. The Hall–Kier alpha value is -1.52. The number of hydrogen-bond acceptors (Lipinski definition) is 4. The van der Waals surface area contributed by atoms with Gasteiger partial charge in [0, 0.05) is 6.26 Å². The standard InChI is InChI=1S/C13H14FNO3S/c1-19(17,18)12-5-4-10(8-11(12)14)13(15-9-16)6-2-3-7-13/h4-5,8H,2-3,6-7H2,1H3. The van der Waals surface area contributed by atoms with Crippen molar-refractivity contribution in [2.45, 2.75) is 36.1 Å². The monoisotopic (exact) mass is 283 g/mol. The quantitative estimate of drug-likeness (QED) is 0.631. The lowest BCUT2D eigenvalue weighted by molar-refractivity contribution is 0.451. The van der Waals surface area contributed by atoms with Gasteiger partial charge in [-0.25, -0.2) is 17.6 Å². The van der Waals surface area contributed by atoms with Gasteiger partial charge in [0.2, 0.25) is 6.08 Å². The summed E-state index contributed by atoms with van der Waals surface area (Å²) in [5.74, 6) is -0.799. The summed E-state index contributed by atoms with van der Waals surface area (Å²) < 4.78 is 36.6. The van der Waals surface area contributed by atoms with Crippen molar-refractivity contribution < 1.29 is 17.6 Å². The summed E-state index contributed by atoms with van der Waals surface area (Å²) in [6, 6.07) is 3.94. The molecule has 1 aromatic rings. The minimum Gasteiger partial charge on any atom is -0.224 e. The van der Waals surface area contributed by atoms with E-state index < -0.39 is 21.2 Å². The molecule has 2 rings (SSSR count). The first-order valence-electron chi connectivity index (χ1n) is 5.98. The van der Waals surface area contributed by atoms with E-state index in [1.54, 1.807) is 6.08 Å². The fraction of sp³-hybridized carbons (Fsp3) is 0.462. The Morgan fingerprint density at radius 3 is 2.42 bits per heavy atom. The number of hydrogen-bond donors (Lipinski definition) is 0. The van der Waals surface area contributed by atoms with Crippen LogP contribution >= 0.6 is 0 Å². The van der Waals surface area contributed by atoms with Gasteiger partial charge in [-0.3, -0.25) is 0 Å². The molecule has 0 atom stereocenters. The van der Waals surface area contributed by atoms with Crippen LogP contribution < -0.4 is 0 Å². The van der Waals surface area contributed by atoms with Crippen molar-refractivity contribution in [3.63, 3.8) is 0 Å². The van der Waals surface area contributed by atoms with Gasteiger partial charge in [-0.1, -0.05) is 18.9 Å². The summed E-state index contributed by atoms with van der Waals surface area (Å²) in [6.07, 6.45) is 5.62. The Morgan fingerprint density at radius 1 is 1.32 bits per heavy atom. The summed E-state index contributed by atoms with van der Waals surface area (Å²) in [7, 11) is -3.59. The lowest BCUT2D eigenvalue weighted by Crippen LogP contribution is -2.19. The number of sulfone groups is 1. The molecule has 0 bridgehead atoms. The number of rotatable bonds is 3. The highest BCUT2D eigenvalue weighted by atomic mass is 32.2. The van der Waals surface area contributed by atoms with E-state index in [-0.39, 0.29) is 4.90 Å². The number of isocyanates is 1. The van der Waals surface area contributed by atoms with Gasteiger partial charge in [-0.2, -0.15) is 4.99 Å². The number of carbonyl (C=O) groups excluding carboxylic acids is 1. The van der Waals surface area contributed by atoms with Crippen molar-refractivity contribution in [2.24, 2.45) is 4.99 Å². The lowest BCUT2D eigenvalue weighted by Gasteiger charge is -2.23. The van der Waals surface area contributed by atoms with E-state index in [2.05, 4.69) is 4.99 Å². The van der Waals surface area contributed by atoms with Crippen molar-refractivity contribution >= 4 is 15.9 Å². The molecule has 1 saturated carbocycles. The molecule has 0 radical (unpaired) electrons. The van der Waals surface area contributed by atoms with Crippen molar-refractivity contribution in [2.75, 3.05) is 6.26 Å². The zero-order valence-electron chi connectivity index (χ0n) is 10.5. The van der Waals surface area contributed by atoms with Crippen LogP contribution in [-0.2, 0) is 20.2 Å². The predicted octanol–water partition coefficient (Wildman–Crippen LogP) is 2.33. The Labute approximate surface area is 111 Å². The predicted molar refractivity (Wildman–Crippen MR) is 67.8 cm³/mol. The normalized spacial score (nSPS) is 18.0. The van der Waals surface area contributed by atoms with Crippen LogP contribution in [0.5, 0.6) is 0 Å². The van der Waals surface area contributed by atoms with E-state index >= 15 is 0 Å². The fourth-order valence-corrected chi connectivity index (χ4v) is 3.33. The number of halogens is 1. The van der Waals surface area contributed by atoms with Gasteiger partial charge >= 0.3 is 0 Å². The van der Waals surface area contributed by atoms with Crippen LogP contribution in [-0.4, -0.2) is 20.8 Å². The molecule has 0 unspecified atom stereocenters. The molecule has 1 aromatic carbocycles. The first kappa shape index (κ1) is 13.9. The van der Waals surface area contributed by atoms with E-state index in [0.29, 0.717) is 18.4 Å². The molecule has 1 aliphatic rings. The fourth-order valence-electron chi connectivity index (χ4n) is 2.60. The van der Waals surface area contributed by atoms with Crippen molar-refractivity contribution in [1.29, 1.82) is 0 Å². The van der Waals surface area contributed by atoms with E-state index in [1.165, 1.54) is 18.2 Å². The van der Waals surface area contributed by atoms with Gasteiger partial charge in [-0.15, -0.1) is 0 Å². The van der Waals surface area contributed by atoms with Crippen molar-refractivity contribution in [3.05, 3.63) is 29.6 Å². The van der Waals surface area contributed by atoms with Crippen LogP contribution in [0.3, 0.4) is 0 Å². The summed E-state index contributed by atoms with van der Waals surface area (Å²) in [6.45, 7) is 0. The van der Waals surface area contributed by atoms with Crippen molar-refractivity contribution in [3.8, 4) is 0 Å². The molecule has 19 heavy (non-hydrogen) atoms. The second-order valence-corrected chi connectivity index (χ2v) is 6.84. The zero-order chi connectivity index (χ0) is 14.1. The first-order valence-corrected chi connectivity index (χ1v) is 7.87. The van der Waals surface area contributed by atoms with Crippen LogP contribution in [0.2, 0.25) is 0 Å². The third kappa shape index (κ3) is 2.60.